The minimum absolute atomic E-state index is 0.214. The fraction of sp³-hybridized carbons (Fsp3) is 0.250. The van der Waals surface area contributed by atoms with Gasteiger partial charge in [-0.05, 0) is 46.9 Å². The predicted octanol–water partition coefficient (Wildman–Crippen LogP) is 4.20. The Morgan fingerprint density at radius 3 is 2.49 bits per heavy atom. The molecule has 0 saturated heterocycles. The first kappa shape index (κ1) is 21.4. The van der Waals surface area contributed by atoms with Gasteiger partial charge in [-0.1, -0.05) is 61.5 Å². The Balaban J connectivity index is 1.52. The van der Waals surface area contributed by atoms with Crippen molar-refractivity contribution in [1.82, 2.24) is 18.7 Å². The average molecular weight is 466 g/mol. The maximum absolute atomic E-state index is 13.8. The molecular weight excluding hydrogens is 438 g/mol. The van der Waals surface area contributed by atoms with Gasteiger partial charge in [-0.3, -0.25) is 13.9 Å². The second-order valence-corrected chi connectivity index (χ2v) is 9.13. The molecule has 0 saturated carbocycles. The van der Waals surface area contributed by atoms with E-state index >= 15 is 0 Å². The van der Waals surface area contributed by atoms with E-state index in [9.17, 15) is 9.59 Å². The Labute approximate surface area is 202 Å². The highest BCUT2D eigenvalue weighted by Gasteiger charge is 2.27. The summed E-state index contributed by atoms with van der Waals surface area (Å²) in [6.45, 7) is 3.86. The molecule has 35 heavy (non-hydrogen) atoms. The van der Waals surface area contributed by atoms with Gasteiger partial charge in [0.2, 0.25) is 5.95 Å². The largest absolute Gasteiger partial charge is 0.332 e. The molecule has 176 valence electrons. The van der Waals surface area contributed by atoms with Crippen molar-refractivity contribution in [2.24, 2.45) is 7.05 Å². The third-order valence-electron chi connectivity index (χ3n) is 7.08. The minimum Gasteiger partial charge on any atom is -0.312 e. The summed E-state index contributed by atoms with van der Waals surface area (Å²) in [5.41, 5.74) is 3.52. The number of hydrogen-bond donors (Lipinski definition) is 0. The number of benzene rings is 3. The monoisotopic (exact) mass is 465 g/mol. The van der Waals surface area contributed by atoms with E-state index in [0.717, 1.165) is 41.4 Å². The SMILES string of the molecule is CCc1ccc(N2CCCn3c2nc2c3c(=O)n(Cc3cccc4ccccc34)c(=O)n2C)cc1. The summed E-state index contributed by atoms with van der Waals surface area (Å²) in [6, 6.07) is 22.5. The van der Waals surface area contributed by atoms with Crippen LogP contribution in [0.4, 0.5) is 11.6 Å². The highest BCUT2D eigenvalue weighted by molar-refractivity contribution is 5.85. The molecule has 0 unspecified atom stereocenters. The number of rotatable bonds is 4. The van der Waals surface area contributed by atoms with Gasteiger partial charge in [0.1, 0.15) is 0 Å². The lowest BCUT2D eigenvalue weighted by atomic mass is 10.0. The molecule has 6 rings (SSSR count). The molecule has 0 fully saturated rings. The molecule has 5 aromatic rings. The van der Waals surface area contributed by atoms with Gasteiger partial charge in [-0.25, -0.2) is 4.79 Å². The summed E-state index contributed by atoms with van der Waals surface area (Å²) in [7, 11) is 1.70. The summed E-state index contributed by atoms with van der Waals surface area (Å²) >= 11 is 0. The van der Waals surface area contributed by atoms with Crippen molar-refractivity contribution in [1.29, 1.82) is 0 Å². The molecule has 0 spiro atoms. The Bertz CT molecular complexity index is 1690. The van der Waals surface area contributed by atoms with Crippen molar-refractivity contribution in [3.63, 3.8) is 0 Å². The van der Waals surface area contributed by atoms with Gasteiger partial charge in [0.25, 0.3) is 5.56 Å². The van der Waals surface area contributed by atoms with E-state index in [2.05, 4.69) is 36.1 Å². The van der Waals surface area contributed by atoms with Gasteiger partial charge < -0.3 is 9.47 Å². The van der Waals surface area contributed by atoms with E-state index in [0.29, 0.717) is 23.7 Å². The maximum Gasteiger partial charge on any atom is 0.332 e. The normalized spacial score (nSPS) is 13.5. The number of fused-ring (bicyclic) bond motifs is 4. The van der Waals surface area contributed by atoms with Crippen molar-refractivity contribution in [3.05, 3.63) is 98.7 Å². The molecule has 0 atom stereocenters. The molecule has 1 aliphatic heterocycles. The number of aromatic nitrogens is 4. The van der Waals surface area contributed by atoms with Crippen LogP contribution < -0.4 is 16.1 Å². The summed E-state index contributed by atoms with van der Waals surface area (Å²) < 4.78 is 4.83. The minimum atomic E-state index is -0.357. The van der Waals surface area contributed by atoms with Crippen LogP contribution in [0.2, 0.25) is 0 Å². The van der Waals surface area contributed by atoms with Crippen molar-refractivity contribution < 1.29 is 0 Å². The van der Waals surface area contributed by atoms with Gasteiger partial charge in [-0.15, -0.1) is 0 Å². The van der Waals surface area contributed by atoms with E-state index in [1.807, 2.05) is 47.0 Å². The molecule has 0 aliphatic carbocycles. The lowest BCUT2D eigenvalue weighted by Gasteiger charge is -2.29. The average Bonchev–Trinajstić information content (AvgIpc) is 3.30. The molecule has 0 bridgehead atoms. The van der Waals surface area contributed by atoms with Gasteiger partial charge in [0.05, 0.1) is 6.54 Å². The standard InChI is InChI=1S/C28H27N5O2/c1-3-19-12-14-22(15-13-19)31-16-7-17-32-24-25(29-27(31)32)30(2)28(35)33(26(24)34)18-21-10-6-9-20-8-4-5-11-23(20)21/h4-6,8-15H,3,7,16-18H2,1-2H3. The van der Waals surface area contributed by atoms with Crippen molar-refractivity contribution in [2.45, 2.75) is 32.9 Å². The molecule has 0 radical (unpaired) electrons. The number of imidazole rings is 1. The van der Waals surface area contributed by atoms with Gasteiger partial charge in [-0.2, -0.15) is 4.98 Å². The first-order chi connectivity index (χ1) is 17.1. The zero-order valence-corrected chi connectivity index (χ0v) is 19.9. The topological polar surface area (TPSA) is 65.1 Å². The van der Waals surface area contributed by atoms with Crippen LogP contribution in [0.15, 0.2) is 76.3 Å². The zero-order chi connectivity index (χ0) is 24.1. The van der Waals surface area contributed by atoms with Crippen LogP contribution in [-0.2, 0) is 26.6 Å². The van der Waals surface area contributed by atoms with E-state index in [1.54, 1.807) is 7.05 Å². The van der Waals surface area contributed by atoms with Gasteiger partial charge in [0, 0.05) is 25.8 Å². The number of aryl methyl sites for hydroxylation is 3. The van der Waals surface area contributed by atoms with Crippen LogP contribution >= 0.6 is 0 Å². The van der Waals surface area contributed by atoms with Crippen LogP contribution in [0.1, 0.15) is 24.5 Å². The zero-order valence-electron chi connectivity index (χ0n) is 19.9. The van der Waals surface area contributed by atoms with Crippen LogP contribution in [0, 0.1) is 0 Å². The van der Waals surface area contributed by atoms with Crippen molar-refractivity contribution >= 4 is 33.6 Å². The Kier molecular flexibility index (Phi) is 5.06. The number of nitrogens with zero attached hydrogens (tertiary/aromatic N) is 5. The third kappa shape index (κ3) is 3.38. The van der Waals surface area contributed by atoms with Crippen LogP contribution in [0.25, 0.3) is 21.9 Å². The molecule has 3 heterocycles. The molecule has 0 N–H and O–H groups in total. The summed E-state index contributed by atoms with van der Waals surface area (Å²) in [5.74, 6) is 0.713. The Hall–Kier alpha value is -4.13. The Morgan fingerprint density at radius 2 is 1.69 bits per heavy atom. The number of anilines is 2. The van der Waals surface area contributed by atoms with E-state index in [1.165, 1.54) is 14.7 Å². The first-order valence-corrected chi connectivity index (χ1v) is 12.1. The molecular formula is C28H27N5O2. The van der Waals surface area contributed by atoms with E-state index in [4.69, 9.17) is 4.98 Å². The van der Waals surface area contributed by atoms with E-state index < -0.39 is 0 Å². The second kappa shape index (κ2) is 8.27. The van der Waals surface area contributed by atoms with Crippen LogP contribution in [0.3, 0.4) is 0 Å². The molecule has 0 amide bonds. The maximum atomic E-state index is 13.8. The summed E-state index contributed by atoms with van der Waals surface area (Å²) in [5, 5.41) is 2.13. The van der Waals surface area contributed by atoms with E-state index in [-0.39, 0.29) is 17.8 Å². The molecule has 7 nitrogen and oxygen atoms in total. The third-order valence-corrected chi connectivity index (χ3v) is 7.08. The van der Waals surface area contributed by atoms with Gasteiger partial charge >= 0.3 is 5.69 Å². The smallest absolute Gasteiger partial charge is 0.312 e. The predicted molar refractivity (Wildman–Crippen MR) is 140 cm³/mol. The molecule has 7 heteroatoms. The quantitative estimate of drug-likeness (QED) is 0.399. The molecule has 1 aliphatic rings. The fourth-order valence-electron chi connectivity index (χ4n) is 5.16. The summed E-state index contributed by atoms with van der Waals surface area (Å²) in [6.07, 6.45) is 1.87. The second-order valence-electron chi connectivity index (χ2n) is 9.13. The highest BCUT2D eigenvalue weighted by Crippen LogP contribution is 2.31. The fourth-order valence-corrected chi connectivity index (χ4v) is 5.16. The molecule has 2 aromatic heterocycles. The van der Waals surface area contributed by atoms with Crippen molar-refractivity contribution in [3.8, 4) is 0 Å². The Morgan fingerprint density at radius 1 is 0.914 bits per heavy atom. The lowest BCUT2D eigenvalue weighted by Crippen LogP contribution is -2.40. The van der Waals surface area contributed by atoms with Crippen molar-refractivity contribution in [2.75, 3.05) is 11.4 Å². The molecule has 3 aromatic carbocycles. The lowest BCUT2D eigenvalue weighted by molar-refractivity contribution is 0.597. The highest BCUT2D eigenvalue weighted by atomic mass is 16.2. The van der Waals surface area contributed by atoms with Crippen LogP contribution in [0.5, 0.6) is 0 Å². The van der Waals surface area contributed by atoms with Crippen LogP contribution in [-0.4, -0.2) is 25.2 Å². The van der Waals surface area contributed by atoms with Gasteiger partial charge in [0.15, 0.2) is 11.2 Å². The summed E-state index contributed by atoms with van der Waals surface area (Å²) in [4.78, 5) is 34.1. The first-order valence-electron chi connectivity index (χ1n) is 12.1. The number of hydrogen-bond acceptors (Lipinski definition) is 4.